The second-order valence-corrected chi connectivity index (χ2v) is 7.20. The van der Waals surface area contributed by atoms with E-state index in [9.17, 15) is 8.42 Å². The molecule has 0 aliphatic heterocycles. The Morgan fingerprint density at radius 1 is 1.39 bits per heavy atom. The van der Waals surface area contributed by atoms with E-state index in [1.807, 2.05) is 0 Å². The van der Waals surface area contributed by atoms with Crippen molar-refractivity contribution in [3.8, 4) is 0 Å². The summed E-state index contributed by atoms with van der Waals surface area (Å²) in [6.07, 6.45) is 1.11. The van der Waals surface area contributed by atoms with Crippen molar-refractivity contribution in [2.45, 2.75) is 31.2 Å². The fourth-order valence-corrected chi connectivity index (χ4v) is 2.74. The first kappa shape index (κ1) is 13.2. The second-order valence-electron chi connectivity index (χ2n) is 5.35. The highest BCUT2D eigenvalue weighted by molar-refractivity contribution is 7.89. The maximum atomic E-state index is 11.7. The lowest BCUT2D eigenvalue weighted by atomic mass is 10.2. The van der Waals surface area contributed by atoms with Crippen molar-refractivity contribution in [1.29, 1.82) is 0 Å². The number of nitrogen functional groups attached to an aromatic ring is 1. The summed E-state index contributed by atoms with van der Waals surface area (Å²) < 4.78 is 25.6. The maximum Gasteiger partial charge on any atom is 0.242 e. The van der Waals surface area contributed by atoms with Crippen LogP contribution < -0.4 is 15.8 Å². The smallest absolute Gasteiger partial charge is 0.242 e. The first-order valence-electron chi connectivity index (χ1n) is 5.86. The molecule has 0 heterocycles. The molecule has 1 saturated carbocycles. The molecule has 1 unspecified atom stereocenters. The molecule has 0 bridgehead atoms. The summed E-state index contributed by atoms with van der Waals surface area (Å²) in [5.41, 5.74) is 7.21. The van der Waals surface area contributed by atoms with Gasteiger partial charge in [-0.15, -0.1) is 0 Å². The van der Waals surface area contributed by atoms with E-state index < -0.39 is 10.0 Å². The van der Waals surface area contributed by atoms with Gasteiger partial charge in [0.25, 0.3) is 0 Å². The molecule has 1 aromatic rings. The van der Waals surface area contributed by atoms with Crippen LogP contribution in [0.3, 0.4) is 0 Å². The van der Waals surface area contributed by atoms with Gasteiger partial charge in [0.1, 0.15) is 4.90 Å². The molecular weight excluding hydrogens is 250 g/mol. The largest absolute Gasteiger partial charge is 0.398 e. The summed E-state index contributed by atoms with van der Waals surface area (Å²) in [5.74, 6) is 0. The number of sulfonamides is 1. The Bertz CT molecular complexity index is 567. The lowest BCUT2D eigenvalue weighted by Crippen LogP contribution is -2.20. The lowest BCUT2D eigenvalue weighted by Gasteiger charge is -2.11. The van der Waals surface area contributed by atoms with Crippen molar-refractivity contribution >= 4 is 21.4 Å². The van der Waals surface area contributed by atoms with Gasteiger partial charge in [-0.2, -0.15) is 0 Å². The van der Waals surface area contributed by atoms with Gasteiger partial charge in [-0.1, -0.05) is 13.8 Å². The van der Waals surface area contributed by atoms with Crippen LogP contribution in [0.1, 0.15) is 20.3 Å². The van der Waals surface area contributed by atoms with Crippen LogP contribution in [-0.4, -0.2) is 21.5 Å². The average Bonchev–Trinajstić information content (AvgIpc) is 2.85. The zero-order valence-corrected chi connectivity index (χ0v) is 11.6. The molecule has 5 nitrogen and oxygen atoms in total. The van der Waals surface area contributed by atoms with E-state index in [-0.39, 0.29) is 10.6 Å². The van der Waals surface area contributed by atoms with Crippen molar-refractivity contribution in [1.82, 2.24) is 4.72 Å². The number of nitrogens with one attached hydrogen (secondary N) is 2. The third-order valence-electron chi connectivity index (χ3n) is 3.42. The van der Waals surface area contributed by atoms with Gasteiger partial charge >= 0.3 is 0 Å². The van der Waals surface area contributed by atoms with Gasteiger partial charge in [0.2, 0.25) is 10.0 Å². The highest BCUT2D eigenvalue weighted by Crippen LogP contribution is 2.46. The molecule has 0 aromatic heterocycles. The normalized spacial score (nSPS) is 21.6. The fourth-order valence-electron chi connectivity index (χ4n) is 1.91. The summed E-state index contributed by atoms with van der Waals surface area (Å²) in [4.78, 5) is 0.116. The van der Waals surface area contributed by atoms with Crippen molar-refractivity contribution in [3.05, 3.63) is 18.2 Å². The molecule has 0 saturated heterocycles. The summed E-state index contributed by atoms with van der Waals surface area (Å²) in [6.45, 7) is 4.38. The van der Waals surface area contributed by atoms with Crippen molar-refractivity contribution in [2.75, 3.05) is 18.1 Å². The number of nitrogens with two attached hydrogens (primary N) is 1. The number of benzene rings is 1. The molecule has 1 aromatic carbocycles. The number of anilines is 2. The number of rotatable bonds is 4. The minimum atomic E-state index is -3.48. The fraction of sp³-hybridized carbons (Fsp3) is 0.500. The van der Waals surface area contributed by atoms with E-state index in [0.717, 1.165) is 12.1 Å². The molecule has 18 heavy (non-hydrogen) atoms. The summed E-state index contributed by atoms with van der Waals surface area (Å²) in [6, 6.07) is 5.37. The first-order chi connectivity index (χ1) is 8.26. The molecule has 1 aliphatic carbocycles. The Morgan fingerprint density at radius 3 is 2.44 bits per heavy atom. The minimum Gasteiger partial charge on any atom is -0.398 e. The topological polar surface area (TPSA) is 84.2 Å². The minimum absolute atomic E-state index is 0.116. The molecule has 4 N–H and O–H groups in total. The van der Waals surface area contributed by atoms with E-state index in [1.54, 1.807) is 12.1 Å². The molecule has 1 atom stereocenters. The number of hydrogen-bond donors (Lipinski definition) is 3. The van der Waals surface area contributed by atoms with Crippen LogP contribution in [0.4, 0.5) is 11.4 Å². The molecular formula is C12H19N3O2S. The Kier molecular flexibility index (Phi) is 3.03. The Balaban J connectivity index is 2.21. The quantitative estimate of drug-likeness (QED) is 0.721. The van der Waals surface area contributed by atoms with Crippen LogP contribution in [0.15, 0.2) is 23.1 Å². The van der Waals surface area contributed by atoms with E-state index in [0.29, 0.717) is 11.5 Å². The standard InChI is InChI=1S/C12H19N3O2S/c1-12(2)7-11(12)15-8-4-5-10(9(13)6-8)18(16,17)14-3/h4-6,11,14-15H,7,13H2,1-3H3. The number of hydrogen-bond acceptors (Lipinski definition) is 4. The second kappa shape index (κ2) is 4.13. The Morgan fingerprint density at radius 2 is 2.00 bits per heavy atom. The van der Waals surface area contributed by atoms with Crippen molar-refractivity contribution in [3.63, 3.8) is 0 Å². The van der Waals surface area contributed by atoms with Crippen LogP contribution in [0, 0.1) is 5.41 Å². The van der Waals surface area contributed by atoms with Crippen LogP contribution in [0.5, 0.6) is 0 Å². The van der Waals surface area contributed by atoms with Gasteiger partial charge < -0.3 is 11.1 Å². The zero-order valence-electron chi connectivity index (χ0n) is 10.8. The van der Waals surface area contributed by atoms with E-state index >= 15 is 0 Å². The van der Waals surface area contributed by atoms with Crippen LogP contribution in [0.2, 0.25) is 0 Å². The molecule has 6 heteroatoms. The summed E-state index contributed by atoms with van der Waals surface area (Å²) in [7, 11) is -2.12. The van der Waals surface area contributed by atoms with Gasteiger partial charge in [0, 0.05) is 11.7 Å². The predicted octanol–water partition coefficient (Wildman–Crippen LogP) is 1.39. The molecule has 0 spiro atoms. The van der Waals surface area contributed by atoms with Gasteiger partial charge in [-0.3, -0.25) is 0 Å². The maximum absolute atomic E-state index is 11.7. The molecule has 2 rings (SSSR count). The van der Waals surface area contributed by atoms with Crippen molar-refractivity contribution < 1.29 is 8.42 Å². The summed E-state index contributed by atoms with van der Waals surface area (Å²) in [5, 5.41) is 3.35. The lowest BCUT2D eigenvalue weighted by molar-refractivity contribution is 0.588. The average molecular weight is 269 g/mol. The van der Waals surface area contributed by atoms with Crippen LogP contribution >= 0.6 is 0 Å². The van der Waals surface area contributed by atoms with Crippen molar-refractivity contribution in [2.24, 2.45) is 5.41 Å². The molecule has 100 valence electrons. The van der Waals surface area contributed by atoms with E-state index in [1.165, 1.54) is 13.1 Å². The van der Waals surface area contributed by atoms with Gasteiger partial charge in [-0.25, -0.2) is 13.1 Å². The zero-order chi connectivity index (χ0) is 13.6. The van der Waals surface area contributed by atoms with Gasteiger partial charge in [0.15, 0.2) is 0 Å². The van der Waals surface area contributed by atoms with Crippen LogP contribution in [0.25, 0.3) is 0 Å². The third kappa shape index (κ3) is 2.44. The molecule has 1 fully saturated rings. The first-order valence-corrected chi connectivity index (χ1v) is 7.34. The summed E-state index contributed by atoms with van der Waals surface area (Å²) >= 11 is 0. The van der Waals surface area contributed by atoms with E-state index in [2.05, 4.69) is 23.9 Å². The Hall–Kier alpha value is -1.27. The SMILES string of the molecule is CNS(=O)(=O)c1ccc(NC2CC2(C)C)cc1N. The van der Waals surface area contributed by atoms with Gasteiger partial charge in [-0.05, 0) is 37.1 Å². The van der Waals surface area contributed by atoms with E-state index in [4.69, 9.17) is 5.73 Å². The molecule has 0 amide bonds. The monoisotopic (exact) mass is 269 g/mol. The highest BCUT2D eigenvalue weighted by Gasteiger charge is 2.45. The predicted molar refractivity (Wildman–Crippen MR) is 72.9 cm³/mol. The highest BCUT2D eigenvalue weighted by atomic mass is 32.2. The van der Waals surface area contributed by atoms with Crippen LogP contribution in [-0.2, 0) is 10.0 Å². The molecule has 0 radical (unpaired) electrons. The molecule has 1 aliphatic rings. The van der Waals surface area contributed by atoms with Gasteiger partial charge in [0.05, 0.1) is 5.69 Å². The third-order valence-corrected chi connectivity index (χ3v) is 4.91. The Labute approximate surface area is 108 Å².